The third-order valence-electron chi connectivity index (χ3n) is 11.2. The van der Waals surface area contributed by atoms with Gasteiger partial charge in [0.05, 0.1) is 30.7 Å². The van der Waals surface area contributed by atoms with Crippen molar-refractivity contribution in [3.8, 4) is 5.75 Å². The molecule has 4 aliphatic rings. The van der Waals surface area contributed by atoms with Crippen LogP contribution < -0.4 is 26.0 Å². The molecule has 4 fully saturated rings. The number of amides is 2. The first-order chi connectivity index (χ1) is 22.3. The first-order valence-corrected chi connectivity index (χ1v) is 17.3. The molecule has 2 bridgehead atoms. The van der Waals surface area contributed by atoms with Crippen molar-refractivity contribution in [1.29, 1.82) is 5.41 Å². The maximum Gasteiger partial charge on any atom is 0.481 e. The number of guanidine groups is 1. The quantitative estimate of drug-likeness (QED) is 0.0917. The summed E-state index contributed by atoms with van der Waals surface area (Å²) in [7, 11) is 2.78. The van der Waals surface area contributed by atoms with Crippen LogP contribution in [0.5, 0.6) is 5.75 Å². The van der Waals surface area contributed by atoms with Crippen LogP contribution >= 0.6 is 0 Å². The number of hydrogen-bond acceptors (Lipinski definition) is 6. The number of benzene rings is 2. The van der Waals surface area contributed by atoms with Crippen LogP contribution in [0.3, 0.4) is 0 Å². The van der Waals surface area contributed by atoms with E-state index in [1.807, 2.05) is 43.3 Å². The first kappa shape index (κ1) is 35.0. The second-order valence-corrected chi connectivity index (χ2v) is 15.0. The third-order valence-corrected chi connectivity index (χ3v) is 11.2. The third kappa shape index (κ3) is 7.26. The molecule has 2 aromatic rings. The lowest BCUT2D eigenvalue weighted by Gasteiger charge is -2.64. The molecule has 47 heavy (non-hydrogen) atoms. The molecule has 0 aromatic heterocycles. The molecule has 256 valence electrons. The number of carbonyl (C=O) groups is 2. The molecule has 2 amide bonds. The largest absolute Gasteiger partial charge is 0.497 e. The van der Waals surface area contributed by atoms with Gasteiger partial charge in [0, 0.05) is 13.6 Å². The van der Waals surface area contributed by atoms with E-state index < -0.39 is 19.1 Å². The van der Waals surface area contributed by atoms with Crippen molar-refractivity contribution in [2.24, 2.45) is 23.2 Å². The zero-order valence-corrected chi connectivity index (χ0v) is 29.4. The van der Waals surface area contributed by atoms with E-state index in [0.29, 0.717) is 43.6 Å². The summed E-state index contributed by atoms with van der Waals surface area (Å²) in [5.74, 6) is 1.05. The fourth-order valence-electron chi connectivity index (χ4n) is 8.06. The van der Waals surface area contributed by atoms with E-state index in [1.54, 1.807) is 14.2 Å². The van der Waals surface area contributed by atoms with Crippen LogP contribution in [0.15, 0.2) is 36.4 Å². The molecule has 2 aromatic carbocycles. The monoisotopic (exact) mass is 647 g/mol. The summed E-state index contributed by atoms with van der Waals surface area (Å²) in [6, 6.07) is 11.1. The van der Waals surface area contributed by atoms with E-state index >= 15 is 0 Å². The van der Waals surface area contributed by atoms with E-state index in [0.717, 1.165) is 34.9 Å². The number of rotatable bonds is 13. The minimum atomic E-state index is -0.763. The molecule has 0 spiro atoms. The Morgan fingerprint density at radius 2 is 1.77 bits per heavy atom. The van der Waals surface area contributed by atoms with Gasteiger partial charge in [-0.1, -0.05) is 52.0 Å². The second kappa shape index (κ2) is 14.0. The van der Waals surface area contributed by atoms with Crippen molar-refractivity contribution in [2.75, 3.05) is 20.7 Å². The Labute approximate surface area is 280 Å². The normalized spacial score (nSPS) is 26.1. The predicted molar refractivity (Wildman–Crippen MR) is 186 cm³/mol. The Kier molecular flexibility index (Phi) is 10.5. The van der Waals surface area contributed by atoms with Gasteiger partial charge in [-0.15, -0.1) is 0 Å². The Balaban J connectivity index is 1.30. The summed E-state index contributed by atoms with van der Waals surface area (Å²) in [5.41, 5.74) is 0.716. The molecule has 7 atom stereocenters. The lowest BCUT2D eigenvalue weighted by atomic mass is 9.43. The van der Waals surface area contributed by atoms with Gasteiger partial charge in [-0.2, -0.15) is 0 Å². The maximum absolute atomic E-state index is 14.1. The van der Waals surface area contributed by atoms with E-state index in [1.165, 1.54) is 0 Å². The smallest absolute Gasteiger partial charge is 0.481 e. The van der Waals surface area contributed by atoms with Gasteiger partial charge in [0.25, 0.3) is 0 Å². The van der Waals surface area contributed by atoms with E-state index in [4.69, 9.17) is 19.5 Å². The SMILES string of the molecule is CNC(=N)NCCC[C@H](NC(=O)[C@@H](C)c1ccc2cc(OC)ccc2c1)C(=O)N[C@@H](CC(C)C)B1O[C@@H]2C[C@@H]3C[C@@H](C3(C)C)[C@]2(C)O1. The lowest BCUT2D eigenvalue weighted by Crippen LogP contribution is -2.65. The van der Waals surface area contributed by atoms with E-state index in [-0.39, 0.29) is 40.8 Å². The van der Waals surface area contributed by atoms with Crippen molar-refractivity contribution in [1.82, 2.24) is 21.3 Å². The highest BCUT2D eigenvalue weighted by atomic mass is 16.7. The Morgan fingerprint density at radius 1 is 1.04 bits per heavy atom. The summed E-state index contributed by atoms with van der Waals surface area (Å²) in [5, 5.41) is 21.9. The number of methoxy groups -OCH3 is 1. The molecule has 3 aliphatic carbocycles. The predicted octanol–water partition coefficient (Wildman–Crippen LogP) is 4.76. The van der Waals surface area contributed by atoms with Crippen molar-refractivity contribution < 1.29 is 23.6 Å². The van der Waals surface area contributed by atoms with Crippen LogP contribution in [-0.2, 0) is 18.9 Å². The zero-order chi connectivity index (χ0) is 34.1. The molecule has 0 radical (unpaired) electrons. The molecular formula is C36H54BN5O5. The second-order valence-electron chi connectivity index (χ2n) is 15.0. The summed E-state index contributed by atoms with van der Waals surface area (Å²) in [6.45, 7) is 13.5. The van der Waals surface area contributed by atoms with Crippen LogP contribution in [0.25, 0.3) is 10.8 Å². The van der Waals surface area contributed by atoms with Gasteiger partial charge in [0.15, 0.2) is 5.96 Å². The highest BCUT2D eigenvalue weighted by Crippen LogP contribution is 2.65. The molecule has 1 aliphatic heterocycles. The fraction of sp³-hybridized carbons (Fsp3) is 0.639. The lowest BCUT2D eigenvalue weighted by molar-refractivity contribution is -0.199. The molecule has 11 heteroatoms. The minimum absolute atomic E-state index is 0.0174. The van der Waals surface area contributed by atoms with Gasteiger partial charge in [-0.25, -0.2) is 0 Å². The molecule has 6 rings (SSSR count). The maximum atomic E-state index is 14.1. The van der Waals surface area contributed by atoms with Crippen molar-refractivity contribution in [3.63, 3.8) is 0 Å². The van der Waals surface area contributed by atoms with Gasteiger partial charge < -0.3 is 35.3 Å². The van der Waals surface area contributed by atoms with Crippen molar-refractivity contribution in [2.45, 2.75) is 103 Å². The molecule has 1 heterocycles. The van der Waals surface area contributed by atoms with Gasteiger partial charge in [0.2, 0.25) is 11.8 Å². The highest BCUT2D eigenvalue weighted by molar-refractivity contribution is 6.48. The first-order valence-electron chi connectivity index (χ1n) is 17.3. The average Bonchev–Trinajstić information content (AvgIpc) is 3.41. The summed E-state index contributed by atoms with van der Waals surface area (Å²) in [6.07, 6.45) is 3.84. The number of ether oxygens (including phenoxy) is 1. The summed E-state index contributed by atoms with van der Waals surface area (Å²) >= 11 is 0. The standard InChI is InChI=1S/C36H54BN5O5/c1-21(2)16-31(37-46-30-20-26-19-29(35(26,4)5)36(30,6)47-37)42-33(44)28(10-9-15-40-34(38)39-7)41-32(43)22(3)23-11-12-25-18-27(45-8)14-13-24(25)17-23/h11-14,17-18,21-22,26,28-31H,9-10,15-16,19-20H2,1-8H3,(H,41,43)(H,42,44)(H3,38,39,40)/t22-,26-,28-,29-,30+,31-,36-/m0/s1. The van der Waals surface area contributed by atoms with E-state index in [9.17, 15) is 9.59 Å². The zero-order valence-electron chi connectivity index (χ0n) is 29.4. The van der Waals surface area contributed by atoms with Crippen LogP contribution in [0, 0.1) is 28.6 Å². The van der Waals surface area contributed by atoms with Crippen molar-refractivity contribution >= 4 is 35.7 Å². The summed E-state index contributed by atoms with van der Waals surface area (Å²) in [4.78, 5) is 27.7. The fourth-order valence-corrected chi connectivity index (χ4v) is 8.06. The summed E-state index contributed by atoms with van der Waals surface area (Å²) < 4.78 is 18.7. The molecule has 0 unspecified atom stereocenters. The Hall–Kier alpha value is -3.31. The number of hydrogen-bond donors (Lipinski definition) is 5. The number of nitrogens with one attached hydrogen (secondary N) is 5. The van der Waals surface area contributed by atoms with Gasteiger partial charge in [0.1, 0.15) is 11.8 Å². The Morgan fingerprint density at radius 3 is 2.45 bits per heavy atom. The molecule has 1 saturated heterocycles. The number of carbonyl (C=O) groups excluding carboxylic acids is 2. The Bertz CT molecular complexity index is 1470. The van der Waals surface area contributed by atoms with E-state index in [2.05, 4.69) is 55.9 Å². The van der Waals surface area contributed by atoms with Crippen LogP contribution in [0.4, 0.5) is 0 Å². The molecular weight excluding hydrogens is 593 g/mol. The van der Waals surface area contributed by atoms with Gasteiger partial charge >= 0.3 is 7.12 Å². The van der Waals surface area contributed by atoms with Gasteiger partial charge in [-0.3, -0.25) is 15.0 Å². The van der Waals surface area contributed by atoms with Gasteiger partial charge in [-0.05, 0) is 97.6 Å². The van der Waals surface area contributed by atoms with Crippen molar-refractivity contribution in [3.05, 3.63) is 42.0 Å². The van der Waals surface area contributed by atoms with Crippen LogP contribution in [-0.4, -0.2) is 69.3 Å². The molecule has 5 N–H and O–H groups in total. The minimum Gasteiger partial charge on any atom is -0.497 e. The van der Waals surface area contributed by atoms with Crippen LogP contribution in [0.2, 0.25) is 0 Å². The average molecular weight is 648 g/mol. The molecule has 10 nitrogen and oxygen atoms in total. The highest BCUT2D eigenvalue weighted by Gasteiger charge is 2.68. The molecule has 3 saturated carbocycles. The van der Waals surface area contributed by atoms with Crippen LogP contribution in [0.1, 0.15) is 85.1 Å². The number of fused-ring (bicyclic) bond motifs is 1. The topological polar surface area (TPSA) is 134 Å².